The number of aliphatic hydroxyl groups is 1. The van der Waals surface area contributed by atoms with Gasteiger partial charge >= 0.3 is 0 Å². The number of ether oxygens (including phenoxy) is 2. The van der Waals surface area contributed by atoms with Crippen LogP contribution >= 0.6 is 0 Å². The van der Waals surface area contributed by atoms with Gasteiger partial charge in [0.1, 0.15) is 0 Å². The first-order valence-corrected chi connectivity index (χ1v) is 7.95. The summed E-state index contributed by atoms with van der Waals surface area (Å²) >= 11 is 0. The molecule has 2 aliphatic carbocycles. The lowest BCUT2D eigenvalue weighted by Crippen LogP contribution is -2.52. The molecule has 1 N–H and O–H groups in total. The second-order valence-corrected chi connectivity index (χ2v) is 6.53. The third-order valence-electron chi connectivity index (χ3n) is 5.16. The molecular weight excluding hydrogens is 252 g/mol. The van der Waals surface area contributed by atoms with Crippen molar-refractivity contribution in [1.29, 1.82) is 0 Å². The molecule has 3 aliphatic rings. The third kappa shape index (κ3) is 2.16. The number of rotatable bonds is 2. The molecule has 1 saturated carbocycles. The van der Waals surface area contributed by atoms with Gasteiger partial charge in [-0.15, -0.1) is 0 Å². The Morgan fingerprint density at radius 1 is 1.25 bits per heavy atom. The SMILES string of the molecule is C=C(C)[C@H]1CCCC[C@]1(O)C1=CCCCC12OCCO2. The van der Waals surface area contributed by atoms with Gasteiger partial charge in [0, 0.05) is 17.9 Å². The molecular formula is C17H26O3. The summed E-state index contributed by atoms with van der Waals surface area (Å²) in [4.78, 5) is 0. The molecule has 1 spiro atoms. The van der Waals surface area contributed by atoms with Crippen LogP contribution < -0.4 is 0 Å². The summed E-state index contributed by atoms with van der Waals surface area (Å²) in [7, 11) is 0. The van der Waals surface area contributed by atoms with Crippen LogP contribution in [0.5, 0.6) is 0 Å². The summed E-state index contributed by atoms with van der Waals surface area (Å²) in [5.41, 5.74) is 1.24. The molecule has 1 saturated heterocycles. The van der Waals surface area contributed by atoms with Crippen molar-refractivity contribution in [1.82, 2.24) is 0 Å². The van der Waals surface area contributed by atoms with E-state index in [1.54, 1.807) is 0 Å². The van der Waals surface area contributed by atoms with E-state index in [0.29, 0.717) is 13.2 Å². The standard InChI is InChI=1S/C17H26O3/c1-13(2)14-7-3-5-9-16(14,18)15-8-4-6-10-17(15)19-11-12-20-17/h8,14,18H,1,3-7,9-12H2,2H3/t14-,16-/m1/s1. The van der Waals surface area contributed by atoms with Crippen LogP contribution in [0.1, 0.15) is 51.9 Å². The maximum atomic E-state index is 11.5. The lowest BCUT2D eigenvalue weighted by atomic mass is 9.65. The van der Waals surface area contributed by atoms with Crippen molar-refractivity contribution in [2.45, 2.75) is 63.3 Å². The van der Waals surface area contributed by atoms with Gasteiger partial charge in [-0.05, 0) is 32.6 Å². The number of hydrogen-bond acceptors (Lipinski definition) is 3. The summed E-state index contributed by atoms with van der Waals surface area (Å²) < 4.78 is 11.9. The fourth-order valence-electron chi connectivity index (χ4n) is 4.26. The van der Waals surface area contributed by atoms with E-state index in [1.165, 1.54) is 6.42 Å². The van der Waals surface area contributed by atoms with Gasteiger partial charge in [-0.3, -0.25) is 0 Å². The van der Waals surface area contributed by atoms with Gasteiger partial charge in [-0.25, -0.2) is 0 Å². The highest BCUT2D eigenvalue weighted by molar-refractivity contribution is 5.32. The monoisotopic (exact) mass is 278 g/mol. The van der Waals surface area contributed by atoms with Crippen LogP contribution in [0.15, 0.2) is 23.8 Å². The van der Waals surface area contributed by atoms with Crippen molar-refractivity contribution >= 4 is 0 Å². The predicted molar refractivity (Wildman–Crippen MR) is 78.3 cm³/mol. The van der Waals surface area contributed by atoms with Crippen molar-refractivity contribution in [2.24, 2.45) is 5.92 Å². The van der Waals surface area contributed by atoms with Crippen molar-refractivity contribution in [3.63, 3.8) is 0 Å². The zero-order chi connectivity index (χ0) is 14.2. The van der Waals surface area contributed by atoms with Crippen LogP contribution in [0.2, 0.25) is 0 Å². The van der Waals surface area contributed by atoms with Crippen LogP contribution in [-0.4, -0.2) is 29.7 Å². The van der Waals surface area contributed by atoms with Crippen molar-refractivity contribution in [3.8, 4) is 0 Å². The maximum Gasteiger partial charge on any atom is 0.193 e. The Hall–Kier alpha value is -0.640. The fraction of sp³-hybridized carbons (Fsp3) is 0.765. The quantitative estimate of drug-likeness (QED) is 0.787. The minimum Gasteiger partial charge on any atom is -0.385 e. The average Bonchev–Trinajstić information content (AvgIpc) is 2.88. The van der Waals surface area contributed by atoms with E-state index in [4.69, 9.17) is 9.47 Å². The Morgan fingerprint density at radius 2 is 2.00 bits per heavy atom. The number of hydrogen-bond donors (Lipinski definition) is 1. The van der Waals surface area contributed by atoms with Crippen molar-refractivity contribution in [3.05, 3.63) is 23.8 Å². The van der Waals surface area contributed by atoms with Gasteiger partial charge in [-0.1, -0.05) is 31.1 Å². The Bertz CT molecular complexity index is 420. The summed E-state index contributed by atoms with van der Waals surface area (Å²) in [5.74, 6) is -0.525. The topological polar surface area (TPSA) is 38.7 Å². The van der Waals surface area contributed by atoms with E-state index < -0.39 is 11.4 Å². The second kappa shape index (κ2) is 5.28. The molecule has 0 aromatic carbocycles. The van der Waals surface area contributed by atoms with Crippen molar-refractivity contribution in [2.75, 3.05) is 13.2 Å². The highest BCUT2D eigenvalue weighted by Crippen LogP contribution is 2.50. The van der Waals surface area contributed by atoms with Gasteiger partial charge in [0.15, 0.2) is 5.79 Å². The molecule has 1 heterocycles. The molecule has 20 heavy (non-hydrogen) atoms. The molecule has 112 valence electrons. The summed E-state index contributed by atoms with van der Waals surface area (Å²) in [6.07, 6.45) is 9.16. The molecule has 0 amide bonds. The molecule has 0 aromatic rings. The molecule has 3 rings (SSSR count). The van der Waals surface area contributed by atoms with E-state index in [2.05, 4.69) is 12.7 Å². The fourth-order valence-corrected chi connectivity index (χ4v) is 4.26. The van der Waals surface area contributed by atoms with Gasteiger partial charge in [0.05, 0.1) is 18.8 Å². The first-order valence-electron chi connectivity index (χ1n) is 7.95. The first kappa shape index (κ1) is 14.3. The van der Waals surface area contributed by atoms with Gasteiger partial charge in [-0.2, -0.15) is 0 Å². The Labute approximate surface area is 121 Å². The molecule has 3 nitrogen and oxygen atoms in total. The molecule has 0 bridgehead atoms. The lowest BCUT2D eigenvalue weighted by Gasteiger charge is -2.48. The van der Waals surface area contributed by atoms with Crippen molar-refractivity contribution < 1.29 is 14.6 Å². The Balaban J connectivity index is 1.99. The summed E-state index contributed by atoms with van der Waals surface area (Å²) in [6.45, 7) is 7.41. The predicted octanol–water partition coefficient (Wildman–Crippen LogP) is 3.34. The first-order chi connectivity index (χ1) is 9.58. The van der Waals surface area contributed by atoms with Gasteiger partial charge in [0.25, 0.3) is 0 Å². The van der Waals surface area contributed by atoms with Crippen LogP contribution in [0.4, 0.5) is 0 Å². The van der Waals surface area contributed by atoms with Crippen LogP contribution in [-0.2, 0) is 9.47 Å². The maximum absolute atomic E-state index is 11.5. The molecule has 1 aliphatic heterocycles. The summed E-state index contributed by atoms with van der Waals surface area (Å²) in [5, 5.41) is 11.5. The van der Waals surface area contributed by atoms with E-state index >= 15 is 0 Å². The Morgan fingerprint density at radius 3 is 2.70 bits per heavy atom. The molecule has 0 radical (unpaired) electrons. The molecule has 0 aromatic heterocycles. The second-order valence-electron chi connectivity index (χ2n) is 6.53. The van der Waals surface area contributed by atoms with Crippen LogP contribution in [0, 0.1) is 5.92 Å². The van der Waals surface area contributed by atoms with E-state index in [-0.39, 0.29) is 5.92 Å². The highest BCUT2D eigenvalue weighted by Gasteiger charge is 2.53. The summed E-state index contributed by atoms with van der Waals surface area (Å²) in [6, 6.07) is 0. The smallest absolute Gasteiger partial charge is 0.193 e. The van der Waals surface area contributed by atoms with E-state index in [1.807, 2.05) is 6.92 Å². The minimum absolute atomic E-state index is 0.130. The normalized spacial score (nSPS) is 36.9. The highest BCUT2D eigenvalue weighted by atomic mass is 16.7. The largest absolute Gasteiger partial charge is 0.385 e. The average molecular weight is 278 g/mol. The molecule has 3 heteroatoms. The minimum atomic E-state index is -0.825. The number of allylic oxidation sites excluding steroid dienone is 1. The molecule has 0 unspecified atom stereocenters. The Kier molecular flexibility index (Phi) is 3.78. The van der Waals surface area contributed by atoms with Crippen LogP contribution in [0.3, 0.4) is 0 Å². The van der Waals surface area contributed by atoms with E-state index in [0.717, 1.165) is 49.7 Å². The molecule has 2 fully saturated rings. The van der Waals surface area contributed by atoms with Gasteiger partial charge < -0.3 is 14.6 Å². The zero-order valence-corrected chi connectivity index (χ0v) is 12.5. The van der Waals surface area contributed by atoms with E-state index in [9.17, 15) is 5.11 Å². The zero-order valence-electron chi connectivity index (χ0n) is 12.5. The van der Waals surface area contributed by atoms with Gasteiger partial charge in [0.2, 0.25) is 0 Å². The molecule has 2 atom stereocenters. The third-order valence-corrected chi connectivity index (χ3v) is 5.16. The lowest BCUT2D eigenvalue weighted by molar-refractivity contribution is -0.164. The van der Waals surface area contributed by atoms with Crippen LogP contribution in [0.25, 0.3) is 0 Å².